The van der Waals surface area contributed by atoms with Gasteiger partial charge in [0, 0.05) is 17.8 Å². The minimum Gasteiger partial charge on any atom is -0.436 e. The SMILES string of the molecule is CC.CC1C=CC2=C(N1)S(=O)Cc1cccnc1O2. The molecule has 0 fully saturated rings. The smallest absolute Gasteiger partial charge is 0.223 e. The molecule has 0 amide bonds. The fourth-order valence-corrected chi connectivity index (χ4v) is 3.13. The van der Waals surface area contributed by atoms with E-state index in [4.69, 9.17) is 4.74 Å². The molecule has 0 bridgehead atoms. The van der Waals surface area contributed by atoms with Gasteiger partial charge in [0.1, 0.15) is 5.03 Å². The van der Waals surface area contributed by atoms with Crippen LogP contribution in [0.5, 0.6) is 5.88 Å². The minimum atomic E-state index is -1.10. The number of aromatic nitrogens is 1. The third-order valence-electron chi connectivity index (χ3n) is 2.69. The summed E-state index contributed by atoms with van der Waals surface area (Å²) in [5.41, 5.74) is 0.878. The molecule has 2 aliphatic rings. The first-order valence-electron chi connectivity index (χ1n) is 6.43. The molecule has 2 atom stereocenters. The van der Waals surface area contributed by atoms with Gasteiger partial charge in [-0.1, -0.05) is 26.0 Å². The zero-order valence-electron chi connectivity index (χ0n) is 11.3. The van der Waals surface area contributed by atoms with Gasteiger partial charge in [-0.2, -0.15) is 0 Å². The van der Waals surface area contributed by atoms with Crippen LogP contribution in [-0.2, 0) is 16.6 Å². The molecular formula is C14H18N2O2S. The summed E-state index contributed by atoms with van der Waals surface area (Å²) in [6.45, 7) is 6.01. The van der Waals surface area contributed by atoms with E-state index in [0.29, 0.717) is 22.4 Å². The number of nitrogens with zero attached hydrogens (tertiary/aromatic N) is 1. The van der Waals surface area contributed by atoms with Crippen LogP contribution in [0.15, 0.2) is 41.3 Å². The first-order chi connectivity index (χ1) is 9.24. The number of hydrogen-bond donors (Lipinski definition) is 1. The summed E-state index contributed by atoms with van der Waals surface area (Å²) in [5.74, 6) is 1.60. The molecule has 3 heterocycles. The van der Waals surface area contributed by atoms with E-state index >= 15 is 0 Å². The van der Waals surface area contributed by atoms with Crippen molar-refractivity contribution in [1.82, 2.24) is 10.3 Å². The molecule has 19 heavy (non-hydrogen) atoms. The van der Waals surface area contributed by atoms with Crippen molar-refractivity contribution < 1.29 is 8.95 Å². The van der Waals surface area contributed by atoms with Gasteiger partial charge in [0.05, 0.1) is 16.6 Å². The number of pyridine rings is 1. The lowest BCUT2D eigenvalue weighted by atomic mass is 10.2. The van der Waals surface area contributed by atoms with E-state index in [9.17, 15) is 4.21 Å². The van der Waals surface area contributed by atoms with Crippen molar-refractivity contribution in [3.63, 3.8) is 0 Å². The van der Waals surface area contributed by atoms with Gasteiger partial charge in [-0.15, -0.1) is 0 Å². The predicted octanol–water partition coefficient (Wildman–Crippen LogP) is 2.47. The molecule has 2 aliphatic heterocycles. The fourth-order valence-electron chi connectivity index (χ4n) is 1.84. The molecule has 3 rings (SSSR count). The average Bonchev–Trinajstić information content (AvgIpc) is 2.58. The van der Waals surface area contributed by atoms with Crippen molar-refractivity contribution in [1.29, 1.82) is 0 Å². The lowest BCUT2D eigenvalue weighted by Crippen LogP contribution is -2.30. The highest BCUT2D eigenvalue weighted by atomic mass is 32.2. The van der Waals surface area contributed by atoms with Gasteiger partial charge in [-0.05, 0) is 19.1 Å². The molecule has 1 N–H and O–H groups in total. The molecule has 2 unspecified atom stereocenters. The Hall–Kier alpha value is -1.62. The van der Waals surface area contributed by atoms with Crippen molar-refractivity contribution in [3.8, 4) is 5.88 Å². The van der Waals surface area contributed by atoms with Crippen LogP contribution in [0.4, 0.5) is 0 Å². The van der Waals surface area contributed by atoms with Crippen LogP contribution in [0.3, 0.4) is 0 Å². The number of rotatable bonds is 0. The van der Waals surface area contributed by atoms with E-state index < -0.39 is 10.8 Å². The third-order valence-corrected chi connectivity index (χ3v) is 4.04. The Morgan fingerprint density at radius 2 is 2.26 bits per heavy atom. The Morgan fingerprint density at radius 1 is 1.47 bits per heavy atom. The lowest BCUT2D eigenvalue weighted by molar-refractivity contribution is 0.413. The molecule has 0 saturated carbocycles. The summed E-state index contributed by atoms with van der Waals surface area (Å²) in [6.07, 6.45) is 5.51. The molecule has 4 nitrogen and oxygen atoms in total. The molecular weight excluding hydrogens is 260 g/mol. The van der Waals surface area contributed by atoms with Gasteiger partial charge in [-0.3, -0.25) is 4.21 Å². The first-order valence-corrected chi connectivity index (χ1v) is 7.75. The molecule has 0 aliphatic carbocycles. The Morgan fingerprint density at radius 3 is 3.05 bits per heavy atom. The topological polar surface area (TPSA) is 51.2 Å². The zero-order chi connectivity index (χ0) is 13.8. The molecule has 102 valence electrons. The van der Waals surface area contributed by atoms with Crippen LogP contribution >= 0.6 is 0 Å². The maximum atomic E-state index is 12.2. The highest BCUT2D eigenvalue weighted by Crippen LogP contribution is 2.28. The van der Waals surface area contributed by atoms with Crippen LogP contribution < -0.4 is 10.1 Å². The van der Waals surface area contributed by atoms with E-state index in [1.165, 1.54) is 0 Å². The summed E-state index contributed by atoms with van der Waals surface area (Å²) in [4.78, 5) is 4.17. The van der Waals surface area contributed by atoms with Crippen LogP contribution in [0, 0.1) is 0 Å². The van der Waals surface area contributed by atoms with E-state index in [2.05, 4.69) is 10.3 Å². The van der Waals surface area contributed by atoms with Gasteiger partial charge in [-0.25, -0.2) is 4.98 Å². The molecule has 0 saturated heterocycles. The maximum Gasteiger partial charge on any atom is 0.223 e. The Bertz CT molecular complexity index is 552. The minimum absolute atomic E-state index is 0.176. The predicted molar refractivity (Wildman–Crippen MR) is 76.8 cm³/mol. The largest absolute Gasteiger partial charge is 0.436 e. The molecule has 0 aromatic carbocycles. The highest BCUT2D eigenvalue weighted by Gasteiger charge is 2.25. The van der Waals surface area contributed by atoms with Crippen LogP contribution in [0.2, 0.25) is 0 Å². The van der Waals surface area contributed by atoms with E-state index in [0.717, 1.165) is 5.56 Å². The zero-order valence-corrected chi connectivity index (χ0v) is 12.2. The normalized spacial score (nSPS) is 23.9. The van der Waals surface area contributed by atoms with Crippen LogP contribution in [0.25, 0.3) is 0 Å². The summed E-state index contributed by atoms with van der Waals surface area (Å²) in [5, 5.41) is 3.85. The Labute approximate surface area is 116 Å². The van der Waals surface area contributed by atoms with Gasteiger partial charge in [0.2, 0.25) is 5.88 Å². The summed E-state index contributed by atoms with van der Waals surface area (Å²) < 4.78 is 17.9. The van der Waals surface area contributed by atoms with Gasteiger partial charge in [0.25, 0.3) is 0 Å². The molecule has 0 radical (unpaired) electrons. The summed E-state index contributed by atoms with van der Waals surface area (Å²) >= 11 is 0. The monoisotopic (exact) mass is 278 g/mol. The number of ether oxygens (including phenoxy) is 1. The van der Waals surface area contributed by atoms with Gasteiger partial charge < -0.3 is 10.1 Å². The van der Waals surface area contributed by atoms with E-state index in [1.807, 2.05) is 45.1 Å². The second-order valence-electron chi connectivity index (χ2n) is 4.05. The highest BCUT2D eigenvalue weighted by molar-refractivity contribution is 7.88. The molecule has 1 aromatic heterocycles. The van der Waals surface area contributed by atoms with Crippen LogP contribution in [-0.4, -0.2) is 15.2 Å². The summed E-state index contributed by atoms with van der Waals surface area (Å²) in [7, 11) is -1.10. The Balaban J connectivity index is 0.000000637. The second-order valence-corrected chi connectivity index (χ2v) is 5.43. The quantitative estimate of drug-likeness (QED) is 0.792. The van der Waals surface area contributed by atoms with Gasteiger partial charge >= 0.3 is 0 Å². The van der Waals surface area contributed by atoms with Crippen molar-refractivity contribution in [2.75, 3.05) is 0 Å². The maximum absolute atomic E-state index is 12.2. The van der Waals surface area contributed by atoms with Crippen LogP contribution in [0.1, 0.15) is 26.3 Å². The standard InChI is InChI=1S/C12H12N2O2S.C2H6/c1-8-4-5-10-12(14-8)17(15)7-9-3-2-6-13-11(9)16-10;1-2/h2-6,8,14H,7H2,1H3;1-2H3. The molecule has 0 spiro atoms. The lowest BCUT2D eigenvalue weighted by Gasteiger charge is -2.19. The van der Waals surface area contributed by atoms with Crippen molar-refractivity contribution in [2.45, 2.75) is 32.6 Å². The van der Waals surface area contributed by atoms with Crippen molar-refractivity contribution >= 4 is 10.8 Å². The van der Waals surface area contributed by atoms with Crippen molar-refractivity contribution in [3.05, 3.63) is 46.8 Å². The number of nitrogens with one attached hydrogen (secondary N) is 1. The number of allylic oxidation sites excluding steroid dienone is 1. The molecule has 5 heteroatoms. The van der Waals surface area contributed by atoms with Gasteiger partial charge in [0.15, 0.2) is 5.76 Å². The Kier molecular flexibility index (Phi) is 4.37. The fraction of sp³-hybridized carbons (Fsp3) is 0.357. The molecule has 1 aromatic rings. The van der Waals surface area contributed by atoms with E-state index in [1.54, 1.807) is 6.20 Å². The number of fused-ring (bicyclic) bond motifs is 1. The first kappa shape index (κ1) is 13.8. The van der Waals surface area contributed by atoms with E-state index in [-0.39, 0.29) is 6.04 Å². The second kappa shape index (κ2) is 6.02. The summed E-state index contributed by atoms with van der Waals surface area (Å²) in [6, 6.07) is 3.90. The third kappa shape index (κ3) is 2.87. The average molecular weight is 278 g/mol. The number of dihydropyridines is 1. The van der Waals surface area contributed by atoms with Crippen molar-refractivity contribution in [2.24, 2.45) is 0 Å². The number of hydrogen-bond acceptors (Lipinski definition) is 4.